The van der Waals surface area contributed by atoms with Crippen LogP contribution in [-0.4, -0.2) is 41.6 Å². The lowest BCUT2D eigenvalue weighted by molar-refractivity contribution is -0.120. The van der Waals surface area contributed by atoms with Crippen LogP contribution in [0.3, 0.4) is 0 Å². The molecule has 6 nitrogen and oxygen atoms in total. The van der Waals surface area contributed by atoms with Crippen molar-refractivity contribution in [1.82, 2.24) is 20.1 Å². The van der Waals surface area contributed by atoms with Gasteiger partial charge < -0.3 is 10.6 Å². The first-order valence-electron chi connectivity index (χ1n) is 8.81. The maximum absolute atomic E-state index is 12.5. The summed E-state index contributed by atoms with van der Waals surface area (Å²) in [7, 11) is 8.00. The number of aromatic nitrogens is 3. The van der Waals surface area contributed by atoms with E-state index in [2.05, 4.69) is 20.7 Å². The number of pyridine rings is 1. The van der Waals surface area contributed by atoms with Gasteiger partial charge in [-0.2, -0.15) is 5.10 Å². The molecule has 0 saturated carbocycles. The predicted octanol–water partition coefficient (Wildman–Crippen LogP) is 1.37. The molecule has 0 bridgehead atoms. The van der Waals surface area contributed by atoms with Crippen molar-refractivity contribution in [1.29, 1.82) is 0 Å². The zero-order chi connectivity index (χ0) is 18.1. The van der Waals surface area contributed by atoms with Crippen LogP contribution in [0.15, 0.2) is 36.7 Å². The molecule has 4 rings (SSSR count). The zero-order valence-electron chi connectivity index (χ0n) is 14.7. The van der Waals surface area contributed by atoms with Crippen molar-refractivity contribution in [2.24, 2.45) is 13.0 Å². The molecule has 2 radical (unpaired) electrons. The lowest BCUT2D eigenvalue weighted by Crippen LogP contribution is -2.35. The number of nitrogens with one attached hydrogen (secondary N) is 2. The van der Waals surface area contributed by atoms with Gasteiger partial charge in [0.25, 0.3) is 0 Å². The van der Waals surface area contributed by atoms with Gasteiger partial charge in [-0.05, 0) is 60.0 Å². The average Bonchev–Trinajstić information content (AvgIpc) is 3.08. The Morgan fingerprint density at radius 3 is 2.81 bits per heavy atom. The smallest absolute Gasteiger partial charge is 0.228 e. The molecule has 3 aromatic rings. The van der Waals surface area contributed by atoms with Gasteiger partial charge in [-0.15, -0.1) is 0 Å². The van der Waals surface area contributed by atoms with Crippen LogP contribution in [0.5, 0.6) is 0 Å². The number of anilines is 1. The topological polar surface area (TPSA) is 71.8 Å². The number of benzene rings is 1. The number of fused-ring (bicyclic) bond motifs is 1. The molecule has 130 valence electrons. The number of piperidine rings is 1. The molecule has 0 spiro atoms. The number of aryl methyl sites for hydroxylation is 1. The van der Waals surface area contributed by atoms with Crippen molar-refractivity contribution >= 4 is 35.9 Å². The van der Waals surface area contributed by atoms with Crippen LogP contribution >= 0.6 is 0 Å². The van der Waals surface area contributed by atoms with Gasteiger partial charge in [0.05, 0.1) is 6.20 Å². The Morgan fingerprint density at radius 2 is 2.08 bits per heavy atom. The third-order valence-corrected chi connectivity index (χ3v) is 4.86. The van der Waals surface area contributed by atoms with Crippen molar-refractivity contribution in [3.05, 3.63) is 36.7 Å². The largest absolute Gasteiger partial charge is 0.317 e. The monoisotopic (exact) mass is 345 g/mol. The molecule has 7 heteroatoms. The quantitative estimate of drug-likeness (QED) is 0.704. The van der Waals surface area contributed by atoms with E-state index in [1.54, 1.807) is 4.68 Å². The van der Waals surface area contributed by atoms with Crippen molar-refractivity contribution < 1.29 is 4.79 Å². The van der Waals surface area contributed by atoms with E-state index >= 15 is 0 Å². The summed E-state index contributed by atoms with van der Waals surface area (Å²) in [5.41, 5.74) is 2.50. The second kappa shape index (κ2) is 6.92. The second-order valence-corrected chi connectivity index (χ2v) is 6.74. The third-order valence-electron chi connectivity index (χ3n) is 4.86. The molecule has 1 aliphatic rings. The lowest BCUT2D eigenvalue weighted by atomic mass is 9.94. The van der Waals surface area contributed by atoms with Crippen molar-refractivity contribution in [2.45, 2.75) is 12.8 Å². The lowest BCUT2D eigenvalue weighted by Gasteiger charge is -2.21. The Morgan fingerprint density at radius 1 is 1.27 bits per heavy atom. The molecule has 1 fully saturated rings. The van der Waals surface area contributed by atoms with Gasteiger partial charge in [-0.25, -0.2) is 4.98 Å². The molecule has 3 heterocycles. The van der Waals surface area contributed by atoms with E-state index in [-0.39, 0.29) is 11.8 Å². The van der Waals surface area contributed by atoms with E-state index in [0.29, 0.717) is 11.4 Å². The number of nitrogens with zero attached hydrogens (tertiary/aromatic N) is 3. The summed E-state index contributed by atoms with van der Waals surface area (Å²) >= 11 is 0. The first kappa shape index (κ1) is 16.8. The number of rotatable bonds is 3. The molecule has 0 aliphatic carbocycles. The first-order chi connectivity index (χ1) is 12.6. The van der Waals surface area contributed by atoms with E-state index in [0.717, 1.165) is 47.8 Å². The van der Waals surface area contributed by atoms with Gasteiger partial charge in [0, 0.05) is 24.7 Å². The molecule has 2 N–H and O–H groups in total. The molecule has 1 amide bonds. The number of hydrogen-bond acceptors (Lipinski definition) is 4. The molecule has 0 atom stereocenters. The van der Waals surface area contributed by atoms with Crippen LogP contribution in [0.25, 0.3) is 21.9 Å². The van der Waals surface area contributed by atoms with E-state index in [9.17, 15) is 4.79 Å². The van der Waals surface area contributed by atoms with Crippen LogP contribution in [0.2, 0.25) is 0 Å². The molecular weight excluding hydrogens is 325 g/mol. The molecule has 1 aromatic carbocycles. The molecule has 2 aromatic heterocycles. The van der Waals surface area contributed by atoms with Gasteiger partial charge >= 0.3 is 0 Å². The number of hydrogen-bond donors (Lipinski definition) is 2. The van der Waals surface area contributed by atoms with E-state index in [4.69, 9.17) is 7.85 Å². The Bertz CT molecular complexity index is 962. The average molecular weight is 345 g/mol. The predicted molar refractivity (Wildman–Crippen MR) is 104 cm³/mol. The summed E-state index contributed by atoms with van der Waals surface area (Å²) in [5.74, 6) is 0.541. The van der Waals surface area contributed by atoms with Crippen molar-refractivity contribution in [3.8, 4) is 11.1 Å². The maximum Gasteiger partial charge on any atom is 0.228 e. The fraction of sp³-hybridized carbons (Fsp3) is 0.316. The van der Waals surface area contributed by atoms with E-state index in [1.165, 1.54) is 0 Å². The third kappa shape index (κ3) is 3.35. The van der Waals surface area contributed by atoms with Crippen LogP contribution < -0.4 is 16.2 Å². The fourth-order valence-corrected chi connectivity index (χ4v) is 3.41. The fourth-order valence-electron chi connectivity index (χ4n) is 3.41. The first-order valence-corrected chi connectivity index (χ1v) is 8.81. The van der Waals surface area contributed by atoms with Gasteiger partial charge in [0.15, 0.2) is 0 Å². The van der Waals surface area contributed by atoms with E-state index < -0.39 is 0 Å². The van der Waals surface area contributed by atoms with Gasteiger partial charge in [-0.1, -0.05) is 12.1 Å². The molecule has 1 saturated heterocycles. The highest BCUT2D eigenvalue weighted by Crippen LogP contribution is 2.24. The maximum atomic E-state index is 12.5. The van der Waals surface area contributed by atoms with Crippen LogP contribution in [0.1, 0.15) is 12.8 Å². The molecular formula is C19H20BN5O. The van der Waals surface area contributed by atoms with Crippen LogP contribution in [-0.2, 0) is 11.8 Å². The minimum atomic E-state index is 0.0150. The highest BCUT2D eigenvalue weighted by atomic mass is 16.1. The molecule has 1 aliphatic heterocycles. The number of carbonyl (C=O) groups excluding carboxylic acids is 1. The highest BCUT2D eigenvalue weighted by molar-refractivity contribution is 6.37. The zero-order valence-corrected chi connectivity index (χ0v) is 14.7. The van der Waals surface area contributed by atoms with Crippen molar-refractivity contribution in [2.75, 3.05) is 18.4 Å². The number of amides is 1. The summed E-state index contributed by atoms with van der Waals surface area (Å²) in [6.07, 6.45) is 5.48. The highest BCUT2D eigenvalue weighted by Gasteiger charge is 2.21. The van der Waals surface area contributed by atoms with Crippen molar-refractivity contribution in [3.63, 3.8) is 0 Å². The summed E-state index contributed by atoms with van der Waals surface area (Å²) in [5, 5.41) is 12.2. The summed E-state index contributed by atoms with van der Waals surface area (Å²) < 4.78 is 1.77. The van der Waals surface area contributed by atoms with Gasteiger partial charge in [0.2, 0.25) is 5.91 Å². The van der Waals surface area contributed by atoms with Crippen LogP contribution in [0.4, 0.5) is 5.82 Å². The minimum absolute atomic E-state index is 0.0150. The second-order valence-electron chi connectivity index (χ2n) is 6.74. The van der Waals surface area contributed by atoms with Crippen LogP contribution in [0, 0.1) is 5.92 Å². The normalized spacial score (nSPS) is 15.3. The van der Waals surface area contributed by atoms with Gasteiger partial charge in [0.1, 0.15) is 13.7 Å². The molecule has 26 heavy (non-hydrogen) atoms. The summed E-state index contributed by atoms with van der Waals surface area (Å²) in [6, 6.07) is 7.89. The van der Waals surface area contributed by atoms with E-state index in [1.807, 2.05) is 43.7 Å². The Hall–Kier alpha value is -2.67. The summed E-state index contributed by atoms with van der Waals surface area (Å²) in [4.78, 5) is 16.8. The Labute approximate surface area is 153 Å². The summed E-state index contributed by atoms with van der Waals surface area (Å²) in [6.45, 7) is 1.75. The molecule has 0 unspecified atom stereocenters. The Kier molecular flexibility index (Phi) is 4.47. The standard InChI is InChI=1S/C19H20BN5O/c1-25-11-15(10-22-25)13-2-3-16-14(8-13)9-17(23-18(16)20)24-19(26)12-4-6-21-7-5-12/h2-3,8-12,21H,4-7H2,1H3,(H,23,24,26). The number of carbonyl (C=O) groups is 1. The Balaban J connectivity index is 1.64. The SMILES string of the molecule is [B]c1nc(NC(=O)C2CCNCC2)cc2cc(-c3cnn(C)c3)ccc12. The minimum Gasteiger partial charge on any atom is -0.317 e. The van der Waals surface area contributed by atoms with Gasteiger partial charge in [-0.3, -0.25) is 9.48 Å².